The maximum atomic E-state index is 13.4. The average Bonchev–Trinajstić information content (AvgIpc) is 2.56. The molecule has 0 bridgehead atoms. The van der Waals surface area contributed by atoms with E-state index in [0.717, 1.165) is 16.5 Å². The van der Waals surface area contributed by atoms with E-state index in [1.807, 2.05) is 24.3 Å². The van der Waals surface area contributed by atoms with Gasteiger partial charge in [0.2, 0.25) is 5.91 Å². The van der Waals surface area contributed by atoms with Gasteiger partial charge >= 0.3 is 0 Å². The zero-order valence-corrected chi connectivity index (χ0v) is 15.5. The fourth-order valence-corrected chi connectivity index (χ4v) is 3.86. The van der Waals surface area contributed by atoms with Crippen LogP contribution in [0.1, 0.15) is 11.1 Å². The van der Waals surface area contributed by atoms with Gasteiger partial charge < -0.3 is 5.32 Å². The molecule has 0 aliphatic carbocycles. The molecule has 2 nitrogen and oxygen atoms in total. The van der Waals surface area contributed by atoms with Crippen molar-refractivity contribution in [1.82, 2.24) is 5.32 Å². The second-order valence-electron chi connectivity index (χ2n) is 5.12. The first-order valence-electron chi connectivity index (χ1n) is 7.55. The summed E-state index contributed by atoms with van der Waals surface area (Å²) < 4.78 is 13.4. The molecule has 1 amide bonds. The molecule has 2 rings (SSSR count). The summed E-state index contributed by atoms with van der Waals surface area (Å²) in [7, 11) is 0. The van der Waals surface area contributed by atoms with Gasteiger partial charge in [-0.1, -0.05) is 41.9 Å². The van der Waals surface area contributed by atoms with E-state index in [0.29, 0.717) is 23.6 Å². The zero-order valence-electron chi connectivity index (χ0n) is 13.1. The molecule has 0 aliphatic rings. The molecule has 0 atom stereocenters. The number of thioether (sulfide) groups is 2. The van der Waals surface area contributed by atoms with Crippen molar-refractivity contribution in [3.63, 3.8) is 0 Å². The van der Waals surface area contributed by atoms with Crippen LogP contribution in [0.5, 0.6) is 0 Å². The summed E-state index contributed by atoms with van der Waals surface area (Å²) in [4.78, 5) is 11.7. The van der Waals surface area contributed by atoms with Crippen LogP contribution in [0.3, 0.4) is 0 Å². The smallest absolute Gasteiger partial charge is 0.230 e. The number of carbonyl (C=O) groups excluding carboxylic acids is 1. The third-order valence-corrected chi connectivity index (χ3v) is 5.42. The Labute approximate surface area is 155 Å². The number of halogens is 2. The summed E-state index contributed by atoms with van der Waals surface area (Å²) >= 11 is 9.10. The number of benzene rings is 2. The molecule has 0 aliphatic heterocycles. The summed E-state index contributed by atoms with van der Waals surface area (Å²) in [5.74, 6) is 2.33. The van der Waals surface area contributed by atoms with Gasteiger partial charge in [-0.15, -0.1) is 11.8 Å². The van der Waals surface area contributed by atoms with Gasteiger partial charge in [0.1, 0.15) is 5.82 Å². The number of nitrogens with one attached hydrogen (secondary N) is 1. The lowest BCUT2D eigenvalue weighted by molar-refractivity contribution is -0.118. The van der Waals surface area contributed by atoms with E-state index >= 15 is 0 Å². The van der Waals surface area contributed by atoms with Gasteiger partial charge in [-0.2, -0.15) is 11.8 Å². The molecule has 24 heavy (non-hydrogen) atoms. The van der Waals surface area contributed by atoms with Gasteiger partial charge in [-0.3, -0.25) is 4.79 Å². The number of hydrogen-bond donors (Lipinski definition) is 1. The van der Waals surface area contributed by atoms with Crippen LogP contribution in [0.15, 0.2) is 48.5 Å². The van der Waals surface area contributed by atoms with Crippen LogP contribution in [-0.4, -0.2) is 24.0 Å². The number of rotatable bonds is 9. The predicted octanol–water partition coefficient (Wildman–Crippen LogP) is 4.76. The fraction of sp³-hybridized carbons (Fsp3) is 0.278. The van der Waals surface area contributed by atoms with Gasteiger partial charge in [-0.05, 0) is 29.3 Å². The Balaban J connectivity index is 1.54. The van der Waals surface area contributed by atoms with Gasteiger partial charge in [0.15, 0.2) is 0 Å². The summed E-state index contributed by atoms with van der Waals surface area (Å²) in [5.41, 5.74) is 1.81. The first-order valence-corrected chi connectivity index (χ1v) is 10.2. The summed E-state index contributed by atoms with van der Waals surface area (Å²) in [6, 6.07) is 14.4. The van der Waals surface area contributed by atoms with Gasteiger partial charge in [0.05, 0.1) is 5.75 Å². The quantitative estimate of drug-likeness (QED) is 0.633. The van der Waals surface area contributed by atoms with Crippen LogP contribution >= 0.6 is 35.1 Å². The molecular formula is C18H19ClFNOS2. The second-order valence-corrected chi connectivity index (χ2v) is 7.64. The Kier molecular flexibility index (Phi) is 8.50. The van der Waals surface area contributed by atoms with Gasteiger partial charge in [0, 0.05) is 28.8 Å². The van der Waals surface area contributed by atoms with Gasteiger partial charge in [0.25, 0.3) is 0 Å². The summed E-state index contributed by atoms with van der Waals surface area (Å²) in [6.07, 6.45) is 0. The Bertz CT molecular complexity index is 669. The lowest BCUT2D eigenvalue weighted by atomic mass is 10.2. The molecule has 0 radical (unpaired) electrons. The van der Waals surface area contributed by atoms with E-state index < -0.39 is 0 Å². The minimum Gasteiger partial charge on any atom is -0.355 e. The van der Waals surface area contributed by atoms with E-state index in [-0.39, 0.29) is 11.7 Å². The Morgan fingerprint density at radius 1 is 1.08 bits per heavy atom. The average molecular weight is 384 g/mol. The molecule has 0 unspecified atom stereocenters. The SMILES string of the molecule is O=C(CSCc1ccccc1F)NCCSCc1cccc(Cl)c1. The number of hydrogen-bond acceptors (Lipinski definition) is 3. The zero-order chi connectivity index (χ0) is 17.2. The molecule has 6 heteroatoms. The topological polar surface area (TPSA) is 29.1 Å². The van der Waals surface area contributed by atoms with Crippen molar-refractivity contribution in [2.75, 3.05) is 18.1 Å². The standard InChI is InChI=1S/C18H19ClFNOS2/c19-16-6-3-4-14(10-16)11-23-9-8-21-18(22)13-24-12-15-5-1-2-7-17(15)20/h1-7,10H,8-9,11-13H2,(H,21,22). The van der Waals surface area contributed by atoms with Gasteiger partial charge in [-0.25, -0.2) is 4.39 Å². The molecular weight excluding hydrogens is 365 g/mol. The molecule has 0 spiro atoms. The van der Waals surface area contributed by atoms with E-state index in [9.17, 15) is 9.18 Å². The number of carbonyl (C=O) groups is 1. The first-order chi connectivity index (χ1) is 11.6. The molecule has 0 saturated carbocycles. The highest BCUT2D eigenvalue weighted by atomic mass is 35.5. The molecule has 1 N–H and O–H groups in total. The van der Waals surface area contributed by atoms with Crippen molar-refractivity contribution < 1.29 is 9.18 Å². The first kappa shape index (κ1) is 19.2. The molecule has 0 saturated heterocycles. The van der Waals surface area contributed by atoms with Crippen molar-refractivity contribution >= 4 is 41.0 Å². The van der Waals surface area contributed by atoms with Crippen LogP contribution < -0.4 is 5.32 Å². The lowest BCUT2D eigenvalue weighted by Gasteiger charge is -2.06. The Morgan fingerprint density at radius 2 is 1.92 bits per heavy atom. The highest BCUT2D eigenvalue weighted by molar-refractivity contribution is 7.99. The van der Waals surface area contributed by atoms with Crippen LogP contribution in [0, 0.1) is 5.82 Å². The molecule has 2 aromatic rings. The predicted molar refractivity (Wildman–Crippen MR) is 103 cm³/mol. The van der Waals surface area contributed by atoms with E-state index in [2.05, 4.69) is 5.32 Å². The van der Waals surface area contributed by atoms with E-state index in [4.69, 9.17) is 11.6 Å². The highest BCUT2D eigenvalue weighted by Crippen LogP contribution is 2.16. The summed E-state index contributed by atoms with van der Waals surface area (Å²) in [6.45, 7) is 0.629. The molecule has 0 aromatic heterocycles. The molecule has 2 aromatic carbocycles. The normalized spacial score (nSPS) is 10.6. The summed E-state index contributed by atoms with van der Waals surface area (Å²) in [5, 5.41) is 3.62. The monoisotopic (exact) mass is 383 g/mol. The Morgan fingerprint density at radius 3 is 2.71 bits per heavy atom. The van der Waals surface area contributed by atoms with Crippen molar-refractivity contribution in [3.8, 4) is 0 Å². The van der Waals surface area contributed by atoms with Crippen molar-refractivity contribution in [2.24, 2.45) is 0 Å². The minimum absolute atomic E-state index is 0.0142. The minimum atomic E-state index is -0.220. The third-order valence-electron chi connectivity index (χ3n) is 3.17. The second kappa shape index (κ2) is 10.6. The van der Waals surface area contributed by atoms with Crippen molar-refractivity contribution in [2.45, 2.75) is 11.5 Å². The van der Waals surface area contributed by atoms with Crippen LogP contribution in [0.25, 0.3) is 0 Å². The number of amides is 1. The van der Waals surface area contributed by atoms with Crippen LogP contribution in [0.4, 0.5) is 4.39 Å². The largest absolute Gasteiger partial charge is 0.355 e. The maximum Gasteiger partial charge on any atom is 0.230 e. The van der Waals surface area contributed by atoms with E-state index in [1.165, 1.54) is 23.4 Å². The molecule has 0 fully saturated rings. The van der Waals surface area contributed by atoms with Crippen molar-refractivity contribution in [1.29, 1.82) is 0 Å². The van der Waals surface area contributed by atoms with Crippen LogP contribution in [-0.2, 0) is 16.3 Å². The molecule has 0 heterocycles. The highest BCUT2D eigenvalue weighted by Gasteiger charge is 2.04. The Hall–Kier alpha value is -1.17. The van der Waals surface area contributed by atoms with Crippen LogP contribution in [0.2, 0.25) is 5.02 Å². The maximum absolute atomic E-state index is 13.4. The molecule has 128 valence electrons. The van der Waals surface area contributed by atoms with E-state index in [1.54, 1.807) is 30.0 Å². The third kappa shape index (κ3) is 7.16. The fourth-order valence-electron chi connectivity index (χ4n) is 2.00. The lowest BCUT2D eigenvalue weighted by Crippen LogP contribution is -2.27. The van der Waals surface area contributed by atoms with Crippen molar-refractivity contribution in [3.05, 3.63) is 70.5 Å².